The Labute approximate surface area is 197 Å². The number of rotatable bonds is 13. The van der Waals surface area contributed by atoms with E-state index in [4.69, 9.17) is 0 Å². The smallest absolute Gasteiger partial charge is 0.135 e. The van der Waals surface area contributed by atoms with Gasteiger partial charge in [-0.3, -0.25) is 9.97 Å². The molecule has 2 heterocycles. The van der Waals surface area contributed by atoms with Crippen LogP contribution in [-0.2, 0) is 6.42 Å². The molecule has 0 atom stereocenters. The van der Waals surface area contributed by atoms with E-state index in [0.717, 1.165) is 30.0 Å². The van der Waals surface area contributed by atoms with Gasteiger partial charge in [-0.15, -0.1) is 0 Å². The van der Waals surface area contributed by atoms with E-state index in [1.165, 1.54) is 63.9 Å². The molecule has 0 saturated heterocycles. The molecule has 0 radical (unpaired) electrons. The zero-order chi connectivity index (χ0) is 23.5. The number of pyridine rings is 2. The summed E-state index contributed by atoms with van der Waals surface area (Å²) in [6, 6.07) is 9.87. The first kappa shape index (κ1) is 25.0. The van der Waals surface area contributed by atoms with Crippen molar-refractivity contribution in [3.63, 3.8) is 0 Å². The van der Waals surface area contributed by atoms with Gasteiger partial charge in [0.15, 0.2) is 0 Å². The number of aryl methyl sites for hydroxylation is 2. The predicted molar refractivity (Wildman–Crippen MR) is 133 cm³/mol. The lowest BCUT2D eigenvalue weighted by Crippen LogP contribution is -1.96. The van der Waals surface area contributed by atoms with Crippen LogP contribution in [0.25, 0.3) is 22.5 Å². The molecule has 0 fully saturated rings. The molecule has 176 valence electrons. The average Bonchev–Trinajstić information content (AvgIpc) is 2.82. The van der Waals surface area contributed by atoms with Gasteiger partial charge in [0.25, 0.3) is 0 Å². The number of hydrogen-bond donors (Lipinski definition) is 0. The second-order valence-corrected chi connectivity index (χ2v) is 9.02. The molecule has 0 aliphatic rings. The van der Waals surface area contributed by atoms with Gasteiger partial charge < -0.3 is 0 Å². The van der Waals surface area contributed by atoms with Crippen LogP contribution in [0.3, 0.4) is 0 Å². The fourth-order valence-electron chi connectivity index (χ4n) is 4.12. The van der Waals surface area contributed by atoms with Crippen LogP contribution in [0.4, 0.5) is 8.78 Å². The summed E-state index contributed by atoms with van der Waals surface area (Å²) in [5, 5.41) is 0. The van der Waals surface area contributed by atoms with Crippen LogP contribution in [-0.4, -0.2) is 9.97 Å². The van der Waals surface area contributed by atoms with E-state index in [9.17, 15) is 8.78 Å². The van der Waals surface area contributed by atoms with Gasteiger partial charge in [0, 0.05) is 29.6 Å². The molecule has 33 heavy (non-hydrogen) atoms. The maximum atomic E-state index is 14.5. The highest BCUT2D eigenvalue weighted by molar-refractivity contribution is 5.70. The monoisotopic (exact) mass is 450 g/mol. The fraction of sp³-hybridized carbons (Fsp3) is 0.448. The molecule has 2 nitrogen and oxygen atoms in total. The Kier molecular flexibility index (Phi) is 9.99. The molecule has 0 spiro atoms. The molecule has 0 amide bonds. The molecule has 0 unspecified atom stereocenters. The van der Waals surface area contributed by atoms with Crippen LogP contribution in [0, 0.1) is 18.6 Å². The summed E-state index contributed by atoms with van der Waals surface area (Å²) >= 11 is 0. The quantitative estimate of drug-likeness (QED) is 0.243. The van der Waals surface area contributed by atoms with Crippen LogP contribution in [0.5, 0.6) is 0 Å². The number of halogens is 2. The molecule has 0 aliphatic heterocycles. The molecule has 0 bridgehead atoms. The maximum absolute atomic E-state index is 14.5. The topological polar surface area (TPSA) is 25.8 Å². The SMILES string of the molecule is CCCCCCCCCCCCc1ccc(-c2cc(-c3ccc(C)cn3)c(F)cc2F)nc1. The normalized spacial score (nSPS) is 11.2. The maximum Gasteiger partial charge on any atom is 0.135 e. The Bertz CT molecular complexity index is 982. The highest BCUT2D eigenvalue weighted by Crippen LogP contribution is 2.30. The van der Waals surface area contributed by atoms with E-state index in [2.05, 4.69) is 16.9 Å². The fourth-order valence-corrected chi connectivity index (χ4v) is 4.12. The van der Waals surface area contributed by atoms with Crippen molar-refractivity contribution in [2.45, 2.75) is 84.5 Å². The van der Waals surface area contributed by atoms with E-state index in [1.807, 2.05) is 31.3 Å². The van der Waals surface area contributed by atoms with Crippen LogP contribution in [0.1, 0.15) is 82.3 Å². The highest BCUT2D eigenvalue weighted by atomic mass is 19.1. The third-order valence-electron chi connectivity index (χ3n) is 6.16. The van der Waals surface area contributed by atoms with Gasteiger partial charge in [0.05, 0.1) is 11.4 Å². The Morgan fingerprint density at radius 3 is 1.70 bits per heavy atom. The summed E-state index contributed by atoms with van der Waals surface area (Å²) in [6.07, 6.45) is 17.6. The van der Waals surface area contributed by atoms with Gasteiger partial charge in [-0.2, -0.15) is 0 Å². The van der Waals surface area contributed by atoms with Crippen LogP contribution < -0.4 is 0 Å². The van der Waals surface area contributed by atoms with Crippen molar-refractivity contribution in [2.75, 3.05) is 0 Å². The third-order valence-corrected chi connectivity index (χ3v) is 6.16. The number of benzene rings is 1. The van der Waals surface area contributed by atoms with Gasteiger partial charge in [-0.1, -0.05) is 76.8 Å². The largest absolute Gasteiger partial charge is 0.256 e. The summed E-state index contributed by atoms with van der Waals surface area (Å²) in [5.74, 6) is -1.23. The number of hydrogen-bond acceptors (Lipinski definition) is 2. The summed E-state index contributed by atoms with van der Waals surface area (Å²) in [6.45, 7) is 4.18. The van der Waals surface area contributed by atoms with Crippen molar-refractivity contribution in [3.8, 4) is 22.5 Å². The second-order valence-electron chi connectivity index (χ2n) is 9.02. The van der Waals surface area contributed by atoms with Crippen LogP contribution >= 0.6 is 0 Å². The van der Waals surface area contributed by atoms with Crippen molar-refractivity contribution in [1.82, 2.24) is 9.97 Å². The highest BCUT2D eigenvalue weighted by Gasteiger charge is 2.15. The molecule has 2 aromatic heterocycles. The molecular formula is C29H36F2N2. The lowest BCUT2D eigenvalue weighted by atomic mass is 10.0. The average molecular weight is 451 g/mol. The van der Waals surface area contributed by atoms with E-state index in [1.54, 1.807) is 12.3 Å². The standard InChI is InChI=1S/C29H36F2N2/c1-3-4-5-6-7-8-9-10-11-12-13-23-15-17-29(33-21-23)25-18-24(26(30)19-27(25)31)28-16-14-22(2)20-32-28/h14-21H,3-13H2,1-2H3. The second kappa shape index (κ2) is 13.2. The Morgan fingerprint density at radius 2 is 1.18 bits per heavy atom. The summed E-state index contributed by atoms with van der Waals surface area (Å²) < 4.78 is 28.9. The van der Waals surface area contributed by atoms with Crippen molar-refractivity contribution in [3.05, 3.63) is 71.6 Å². The van der Waals surface area contributed by atoms with E-state index in [-0.39, 0.29) is 5.56 Å². The molecule has 0 N–H and O–H groups in total. The molecular weight excluding hydrogens is 414 g/mol. The molecule has 3 rings (SSSR count). The zero-order valence-electron chi connectivity index (χ0n) is 20.0. The Hall–Kier alpha value is -2.62. The molecule has 4 heteroatoms. The van der Waals surface area contributed by atoms with E-state index < -0.39 is 11.6 Å². The lowest BCUT2D eigenvalue weighted by molar-refractivity contribution is 0.556. The van der Waals surface area contributed by atoms with Crippen LogP contribution in [0.2, 0.25) is 0 Å². The third kappa shape index (κ3) is 7.73. The van der Waals surface area contributed by atoms with Crippen molar-refractivity contribution >= 4 is 0 Å². The predicted octanol–water partition coefficient (Wildman–Crippen LogP) is 8.86. The van der Waals surface area contributed by atoms with E-state index >= 15 is 0 Å². The summed E-state index contributed by atoms with van der Waals surface area (Å²) in [4.78, 5) is 8.75. The Balaban J connectivity index is 1.52. The number of aromatic nitrogens is 2. The van der Waals surface area contributed by atoms with Crippen molar-refractivity contribution in [1.29, 1.82) is 0 Å². The van der Waals surface area contributed by atoms with Gasteiger partial charge in [-0.05, 0) is 49.1 Å². The zero-order valence-corrected chi connectivity index (χ0v) is 20.0. The van der Waals surface area contributed by atoms with E-state index in [0.29, 0.717) is 17.0 Å². The van der Waals surface area contributed by atoms with Gasteiger partial charge >= 0.3 is 0 Å². The summed E-state index contributed by atoms with van der Waals surface area (Å²) in [5.41, 5.74) is 3.70. The lowest BCUT2D eigenvalue weighted by Gasteiger charge is -2.09. The minimum atomic E-state index is -0.620. The van der Waals surface area contributed by atoms with Crippen molar-refractivity contribution in [2.24, 2.45) is 0 Å². The Morgan fingerprint density at radius 1 is 0.636 bits per heavy atom. The number of unbranched alkanes of at least 4 members (excludes halogenated alkanes) is 9. The minimum absolute atomic E-state index is 0.280. The molecule has 0 aliphatic carbocycles. The molecule has 3 aromatic rings. The minimum Gasteiger partial charge on any atom is -0.256 e. The first-order valence-corrected chi connectivity index (χ1v) is 12.5. The van der Waals surface area contributed by atoms with Crippen LogP contribution in [0.15, 0.2) is 48.8 Å². The number of nitrogens with zero attached hydrogens (tertiary/aromatic N) is 2. The molecule has 1 aromatic carbocycles. The first-order chi connectivity index (χ1) is 16.1. The van der Waals surface area contributed by atoms with Gasteiger partial charge in [0.2, 0.25) is 0 Å². The van der Waals surface area contributed by atoms with Crippen molar-refractivity contribution < 1.29 is 8.78 Å². The molecule has 0 saturated carbocycles. The van der Waals surface area contributed by atoms with Gasteiger partial charge in [-0.25, -0.2) is 8.78 Å². The first-order valence-electron chi connectivity index (χ1n) is 12.5. The van der Waals surface area contributed by atoms with Gasteiger partial charge in [0.1, 0.15) is 11.6 Å². The summed E-state index contributed by atoms with van der Waals surface area (Å²) in [7, 11) is 0.